The Hall–Kier alpha value is -2.60. The summed E-state index contributed by atoms with van der Waals surface area (Å²) in [5, 5.41) is 4.29. The molecule has 1 aliphatic carbocycles. The fraction of sp³-hybridized carbons (Fsp3) is 0.391. The molecule has 0 bridgehead atoms. The van der Waals surface area contributed by atoms with E-state index in [0.29, 0.717) is 12.6 Å². The Kier molecular flexibility index (Phi) is 5.10. The third-order valence-corrected chi connectivity index (χ3v) is 6.54. The lowest BCUT2D eigenvalue weighted by Crippen LogP contribution is -2.30. The van der Waals surface area contributed by atoms with Crippen LogP contribution in [0.4, 0.5) is 0 Å². The molecule has 4 heterocycles. The fourth-order valence-corrected chi connectivity index (χ4v) is 5.12. The van der Waals surface area contributed by atoms with Gasteiger partial charge < -0.3 is 19.2 Å². The lowest BCUT2D eigenvalue weighted by Gasteiger charge is -2.32. The average molecular weight is 407 g/mol. The number of furan rings is 1. The first-order chi connectivity index (χ1) is 14.3. The average Bonchev–Trinajstić information content (AvgIpc) is 3.51. The van der Waals surface area contributed by atoms with Crippen LogP contribution < -0.4 is 5.32 Å². The zero-order chi connectivity index (χ0) is 19.6. The van der Waals surface area contributed by atoms with Crippen molar-refractivity contribution in [1.29, 1.82) is 0 Å². The standard InChI is InChI=1S/C23H26N4OS/c29-23-25-21(19-11-4-5-13-24-19)22(27(23)16-18-10-7-15-28-18)20-12-6-14-26(20)17-8-2-1-3-9-17/h4-7,10-15,17,21-22H,1-3,8-9,16H2,(H,25,29). The van der Waals surface area contributed by atoms with E-state index in [-0.39, 0.29) is 12.1 Å². The number of thiocarbonyl (C=S) groups is 1. The van der Waals surface area contributed by atoms with Crippen LogP contribution in [0.3, 0.4) is 0 Å². The molecule has 1 saturated carbocycles. The number of rotatable bonds is 5. The minimum Gasteiger partial charge on any atom is -0.467 e. The predicted molar refractivity (Wildman–Crippen MR) is 116 cm³/mol. The van der Waals surface area contributed by atoms with Gasteiger partial charge in [-0.05, 0) is 61.5 Å². The molecule has 0 aromatic carbocycles. The molecule has 2 fully saturated rings. The van der Waals surface area contributed by atoms with Crippen LogP contribution in [-0.4, -0.2) is 19.6 Å². The molecule has 5 nitrogen and oxygen atoms in total. The van der Waals surface area contributed by atoms with Gasteiger partial charge >= 0.3 is 0 Å². The summed E-state index contributed by atoms with van der Waals surface area (Å²) in [7, 11) is 0. The summed E-state index contributed by atoms with van der Waals surface area (Å²) in [5.74, 6) is 0.914. The summed E-state index contributed by atoms with van der Waals surface area (Å²) in [4.78, 5) is 6.90. The normalized spacial score (nSPS) is 22.8. The van der Waals surface area contributed by atoms with Crippen molar-refractivity contribution in [2.24, 2.45) is 0 Å². The van der Waals surface area contributed by atoms with Crippen molar-refractivity contribution in [1.82, 2.24) is 19.8 Å². The predicted octanol–water partition coefficient (Wildman–Crippen LogP) is 5.15. The van der Waals surface area contributed by atoms with E-state index in [4.69, 9.17) is 16.6 Å². The Morgan fingerprint density at radius 1 is 1.07 bits per heavy atom. The maximum absolute atomic E-state index is 5.78. The molecule has 0 radical (unpaired) electrons. The van der Waals surface area contributed by atoms with Crippen molar-refractivity contribution in [3.63, 3.8) is 0 Å². The Morgan fingerprint density at radius 2 is 1.97 bits per heavy atom. The van der Waals surface area contributed by atoms with Crippen molar-refractivity contribution in [2.75, 3.05) is 0 Å². The summed E-state index contributed by atoms with van der Waals surface area (Å²) in [6.07, 6.45) is 12.3. The largest absolute Gasteiger partial charge is 0.467 e. The molecule has 0 amide bonds. The van der Waals surface area contributed by atoms with Crippen LogP contribution in [0.1, 0.15) is 67.4 Å². The Labute approximate surface area is 176 Å². The Morgan fingerprint density at radius 3 is 2.72 bits per heavy atom. The van der Waals surface area contributed by atoms with E-state index >= 15 is 0 Å². The highest BCUT2D eigenvalue weighted by molar-refractivity contribution is 7.80. The van der Waals surface area contributed by atoms with E-state index in [9.17, 15) is 0 Å². The number of pyridine rings is 1. The maximum atomic E-state index is 5.78. The smallest absolute Gasteiger partial charge is 0.170 e. The number of hydrogen-bond acceptors (Lipinski definition) is 3. The quantitative estimate of drug-likeness (QED) is 0.594. The van der Waals surface area contributed by atoms with Crippen molar-refractivity contribution in [3.8, 4) is 0 Å². The summed E-state index contributed by atoms with van der Waals surface area (Å²) in [5.41, 5.74) is 2.31. The SMILES string of the molecule is S=C1NC(c2ccccn2)C(c2cccn2C2CCCCC2)N1Cc1ccco1. The number of aromatic nitrogens is 2. The Bertz CT molecular complexity index is 946. The van der Waals surface area contributed by atoms with Gasteiger partial charge in [-0.2, -0.15) is 0 Å². The van der Waals surface area contributed by atoms with E-state index in [1.807, 2.05) is 30.5 Å². The van der Waals surface area contributed by atoms with Crippen molar-refractivity contribution in [3.05, 3.63) is 78.3 Å². The van der Waals surface area contributed by atoms with Gasteiger partial charge in [0.2, 0.25) is 0 Å². The molecule has 2 aliphatic rings. The second kappa shape index (κ2) is 8.03. The van der Waals surface area contributed by atoms with Gasteiger partial charge in [0, 0.05) is 24.1 Å². The first kappa shape index (κ1) is 18.4. The van der Waals surface area contributed by atoms with Gasteiger partial charge in [0.25, 0.3) is 0 Å². The van der Waals surface area contributed by atoms with E-state index in [1.54, 1.807) is 6.26 Å². The molecule has 1 N–H and O–H groups in total. The topological polar surface area (TPSA) is 46.2 Å². The van der Waals surface area contributed by atoms with Crippen LogP contribution in [0.5, 0.6) is 0 Å². The zero-order valence-electron chi connectivity index (χ0n) is 16.4. The van der Waals surface area contributed by atoms with Crippen molar-refractivity contribution < 1.29 is 4.42 Å². The highest BCUT2D eigenvalue weighted by atomic mass is 32.1. The highest BCUT2D eigenvalue weighted by Crippen LogP contribution is 2.41. The third kappa shape index (κ3) is 3.57. The van der Waals surface area contributed by atoms with Gasteiger partial charge in [0.05, 0.1) is 30.6 Å². The maximum Gasteiger partial charge on any atom is 0.170 e. The second-order valence-corrected chi connectivity index (χ2v) is 8.35. The molecule has 5 rings (SSSR count). The number of hydrogen-bond donors (Lipinski definition) is 1. The lowest BCUT2D eigenvalue weighted by atomic mass is 9.94. The van der Waals surface area contributed by atoms with Crippen LogP contribution in [0, 0.1) is 0 Å². The van der Waals surface area contributed by atoms with Gasteiger partial charge in [-0.15, -0.1) is 0 Å². The van der Waals surface area contributed by atoms with Gasteiger partial charge in [-0.1, -0.05) is 25.3 Å². The van der Waals surface area contributed by atoms with Gasteiger partial charge in [-0.3, -0.25) is 4.98 Å². The van der Waals surface area contributed by atoms with Gasteiger partial charge in [0.1, 0.15) is 5.76 Å². The van der Waals surface area contributed by atoms with Crippen LogP contribution in [0.2, 0.25) is 0 Å². The molecular formula is C23H26N4OS. The minimum atomic E-state index is 0.0101. The molecule has 6 heteroatoms. The van der Waals surface area contributed by atoms with E-state index in [1.165, 1.54) is 37.8 Å². The summed E-state index contributed by atoms with van der Waals surface area (Å²) in [6, 6.07) is 15.1. The van der Waals surface area contributed by atoms with E-state index in [0.717, 1.165) is 16.6 Å². The molecule has 0 spiro atoms. The molecule has 150 valence electrons. The number of nitrogens with one attached hydrogen (secondary N) is 1. The molecular weight excluding hydrogens is 380 g/mol. The molecule has 29 heavy (non-hydrogen) atoms. The molecule has 2 atom stereocenters. The summed E-state index contributed by atoms with van der Waals surface area (Å²) < 4.78 is 8.14. The molecule has 1 saturated heterocycles. The summed E-state index contributed by atoms with van der Waals surface area (Å²) >= 11 is 5.78. The van der Waals surface area contributed by atoms with Gasteiger partial charge in [-0.25, -0.2) is 0 Å². The highest BCUT2D eigenvalue weighted by Gasteiger charge is 2.42. The minimum absolute atomic E-state index is 0.0101. The molecule has 2 unspecified atom stereocenters. The van der Waals surface area contributed by atoms with Crippen molar-refractivity contribution in [2.45, 2.75) is 56.8 Å². The Balaban J connectivity index is 1.55. The molecule has 3 aromatic rings. The van der Waals surface area contributed by atoms with Crippen molar-refractivity contribution >= 4 is 17.3 Å². The van der Waals surface area contributed by atoms with Crippen LogP contribution >= 0.6 is 12.2 Å². The first-order valence-electron chi connectivity index (χ1n) is 10.5. The fourth-order valence-electron chi connectivity index (χ4n) is 4.82. The van der Waals surface area contributed by atoms with Crippen LogP contribution in [-0.2, 0) is 6.54 Å². The van der Waals surface area contributed by atoms with Gasteiger partial charge in [0.15, 0.2) is 5.11 Å². The summed E-state index contributed by atoms with van der Waals surface area (Å²) in [6.45, 7) is 0.642. The first-order valence-corrected chi connectivity index (χ1v) is 10.9. The van der Waals surface area contributed by atoms with Crippen LogP contribution in [0.15, 0.2) is 65.5 Å². The third-order valence-electron chi connectivity index (χ3n) is 6.19. The zero-order valence-corrected chi connectivity index (χ0v) is 17.2. The number of nitrogens with zero attached hydrogens (tertiary/aromatic N) is 3. The molecule has 3 aromatic heterocycles. The second-order valence-electron chi connectivity index (χ2n) is 7.97. The van der Waals surface area contributed by atoms with E-state index in [2.05, 4.69) is 44.2 Å². The molecule has 1 aliphatic heterocycles. The monoisotopic (exact) mass is 406 g/mol. The van der Waals surface area contributed by atoms with E-state index < -0.39 is 0 Å². The lowest BCUT2D eigenvalue weighted by molar-refractivity contribution is 0.261. The van der Waals surface area contributed by atoms with Crippen LogP contribution in [0.25, 0.3) is 0 Å².